The van der Waals surface area contributed by atoms with Gasteiger partial charge in [0, 0.05) is 11.6 Å². The molecule has 0 spiro atoms. The molecule has 0 amide bonds. The highest BCUT2D eigenvalue weighted by atomic mass is 35.5. The van der Waals surface area contributed by atoms with Crippen molar-refractivity contribution in [2.24, 2.45) is 0 Å². The summed E-state index contributed by atoms with van der Waals surface area (Å²) in [5.41, 5.74) is 0. The Bertz CT molecular complexity index is 165. The average molecular weight is 164 g/mol. The van der Waals surface area contributed by atoms with Crippen LogP contribution in [-0.2, 0) is 0 Å². The topological polar surface area (TPSA) is 33.1 Å². The normalized spacial score (nSPS) is 13.6. The van der Waals surface area contributed by atoms with Crippen molar-refractivity contribution < 1.29 is 5.11 Å². The van der Waals surface area contributed by atoms with Crippen molar-refractivity contribution in [3.05, 3.63) is 16.6 Å². The smallest absolute Gasteiger partial charge is 0.122 e. The van der Waals surface area contributed by atoms with Gasteiger partial charge < -0.3 is 5.11 Å². The molecule has 1 N–H and O–H groups in total. The van der Waals surface area contributed by atoms with Crippen LogP contribution in [0.15, 0.2) is 11.6 Å². The first-order chi connectivity index (χ1) is 4.34. The van der Waals surface area contributed by atoms with E-state index in [2.05, 4.69) is 4.98 Å². The SMILES string of the molecule is O[C@H](CCl)c1nccs1. The van der Waals surface area contributed by atoms with Gasteiger partial charge in [-0.2, -0.15) is 0 Å². The number of halogens is 1. The quantitative estimate of drug-likeness (QED) is 0.669. The Morgan fingerprint density at radius 2 is 2.67 bits per heavy atom. The van der Waals surface area contributed by atoms with E-state index < -0.39 is 6.10 Å². The molecule has 1 heterocycles. The van der Waals surface area contributed by atoms with Crippen LogP contribution in [0.5, 0.6) is 0 Å². The summed E-state index contributed by atoms with van der Waals surface area (Å²) in [6, 6.07) is 0. The van der Waals surface area contributed by atoms with Crippen molar-refractivity contribution in [2.75, 3.05) is 5.88 Å². The van der Waals surface area contributed by atoms with Crippen molar-refractivity contribution in [3.63, 3.8) is 0 Å². The maximum Gasteiger partial charge on any atom is 0.122 e. The lowest BCUT2D eigenvalue weighted by Crippen LogP contribution is -1.96. The van der Waals surface area contributed by atoms with Gasteiger partial charge in [0.1, 0.15) is 11.1 Å². The molecule has 9 heavy (non-hydrogen) atoms. The maximum atomic E-state index is 9.03. The van der Waals surface area contributed by atoms with Crippen molar-refractivity contribution in [2.45, 2.75) is 6.10 Å². The second kappa shape index (κ2) is 3.15. The first kappa shape index (κ1) is 6.99. The van der Waals surface area contributed by atoms with Gasteiger partial charge in [0.2, 0.25) is 0 Å². The summed E-state index contributed by atoms with van der Waals surface area (Å²) < 4.78 is 0. The number of aliphatic hydroxyl groups is 1. The van der Waals surface area contributed by atoms with Gasteiger partial charge in [-0.1, -0.05) is 0 Å². The van der Waals surface area contributed by atoms with Gasteiger partial charge in [-0.3, -0.25) is 0 Å². The van der Waals surface area contributed by atoms with E-state index >= 15 is 0 Å². The van der Waals surface area contributed by atoms with E-state index in [4.69, 9.17) is 16.7 Å². The van der Waals surface area contributed by atoms with Crippen molar-refractivity contribution in [3.8, 4) is 0 Å². The largest absolute Gasteiger partial charge is 0.385 e. The van der Waals surface area contributed by atoms with Gasteiger partial charge in [-0.05, 0) is 0 Å². The van der Waals surface area contributed by atoms with Gasteiger partial charge in [0.25, 0.3) is 0 Å². The monoisotopic (exact) mass is 163 g/mol. The van der Waals surface area contributed by atoms with E-state index in [1.54, 1.807) is 6.20 Å². The summed E-state index contributed by atoms with van der Waals surface area (Å²) in [7, 11) is 0. The number of aromatic nitrogens is 1. The third-order valence-corrected chi connectivity index (χ3v) is 2.05. The Balaban J connectivity index is 2.65. The fraction of sp³-hybridized carbons (Fsp3) is 0.400. The molecular formula is C5H6ClNOS. The highest BCUT2D eigenvalue weighted by Gasteiger charge is 2.06. The summed E-state index contributed by atoms with van der Waals surface area (Å²) in [4.78, 5) is 3.87. The molecule has 0 aromatic carbocycles. The molecule has 0 aliphatic heterocycles. The number of thiazole rings is 1. The molecule has 1 atom stereocenters. The van der Waals surface area contributed by atoms with E-state index in [1.807, 2.05) is 5.38 Å². The molecule has 0 fully saturated rings. The predicted octanol–water partition coefficient (Wildman–Crippen LogP) is 1.42. The summed E-state index contributed by atoms with van der Waals surface area (Å²) in [5, 5.41) is 11.5. The van der Waals surface area contributed by atoms with Crippen molar-refractivity contribution >= 4 is 22.9 Å². The second-order valence-corrected chi connectivity index (χ2v) is 2.78. The minimum atomic E-state index is -0.591. The highest BCUT2D eigenvalue weighted by Crippen LogP contribution is 2.15. The average Bonchev–Trinajstić information content (AvgIpc) is 2.37. The predicted molar refractivity (Wildman–Crippen MR) is 37.8 cm³/mol. The van der Waals surface area contributed by atoms with Crippen LogP contribution in [0.3, 0.4) is 0 Å². The third-order valence-electron chi connectivity index (χ3n) is 0.883. The molecule has 0 unspecified atom stereocenters. The lowest BCUT2D eigenvalue weighted by Gasteiger charge is -1.98. The first-order valence-electron chi connectivity index (χ1n) is 2.48. The van der Waals surface area contributed by atoms with Gasteiger partial charge in [-0.15, -0.1) is 22.9 Å². The molecule has 50 valence electrons. The number of nitrogens with zero attached hydrogens (tertiary/aromatic N) is 1. The van der Waals surface area contributed by atoms with Crippen molar-refractivity contribution in [1.29, 1.82) is 0 Å². The molecule has 0 radical (unpaired) electrons. The van der Waals surface area contributed by atoms with Crippen LogP contribution < -0.4 is 0 Å². The van der Waals surface area contributed by atoms with Crippen LogP contribution >= 0.6 is 22.9 Å². The lowest BCUT2D eigenvalue weighted by molar-refractivity contribution is 0.202. The van der Waals surface area contributed by atoms with E-state index in [0.29, 0.717) is 5.01 Å². The number of hydrogen-bond donors (Lipinski definition) is 1. The van der Waals surface area contributed by atoms with Crippen molar-refractivity contribution in [1.82, 2.24) is 4.98 Å². The van der Waals surface area contributed by atoms with Crippen LogP contribution in [0.1, 0.15) is 11.1 Å². The molecule has 4 heteroatoms. The molecule has 0 saturated carbocycles. The van der Waals surface area contributed by atoms with Crippen LogP contribution in [0.2, 0.25) is 0 Å². The molecule has 0 saturated heterocycles. The minimum Gasteiger partial charge on any atom is -0.385 e. The van der Waals surface area contributed by atoms with Crippen LogP contribution in [-0.4, -0.2) is 16.0 Å². The number of alkyl halides is 1. The van der Waals surface area contributed by atoms with E-state index in [9.17, 15) is 0 Å². The minimum absolute atomic E-state index is 0.216. The Labute approximate surface area is 62.1 Å². The molecule has 1 aromatic heterocycles. The first-order valence-corrected chi connectivity index (χ1v) is 3.89. The number of aliphatic hydroxyl groups excluding tert-OH is 1. The van der Waals surface area contributed by atoms with Gasteiger partial charge >= 0.3 is 0 Å². The fourth-order valence-corrected chi connectivity index (χ4v) is 1.33. The summed E-state index contributed by atoms with van der Waals surface area (Å²) in [6.07, 6.45) is 1.06. The zero-order valence-electron chi connectivity index (χ0n) is 4.62. The van der Waals surface area contributed by atoms with E-state index in [0.717, 1.165) is 0 Å². The summed E-state index contributed by atoms with van der Waals surface area (Å²) in [5.74, 6) is 0.216. The molecule has 1 rings (SSSR count). The molecule has 0 bridgehead atoms. The summed E-state index contributed by atoms with van der Waals surface area (Å²) >= 11 is 6.77. The zero-order valence-corrected chi connectivity index (χ0v) is 6.19. The highest BCUT2D eigenvalue weighted by molar-refractivity contribution is 7.09. The number of hydrogen-bond acceptors (Lipinski definition) is 3. The van der Waals surface area contributed by atoms with E-state index in [1.165, 1.54) is 11.3 Å². The van der Waals surface area contributed by atoms with Crippen LogP contribution in [0, 0.1) is 0 Å². The Morgan fingerprint density at radius 1 is 1.89 bits per heavy atom. The molecule has 0 aliphatic rings. The molecule has 2 nitrogen and oxygen atoms in total. The van der Waals surface area contributed by atoms with Crippen LogP contribution in [0.4, 0.5) is 0 Å². The van der Waals surface area contributed by atoms with Gasteiger partial charge in [0.05, 0.1) is 5.88 Å². The Morgan fingerprint density at radius 3 is 3.11 bits per heavy atom. The van der Waals surface area contributed by atoms with Gasteiger partial charge in [-0.25, -0.2) is 4.98 Å². The Hall–Kier alpha value is -0.120. The fourth-order valence-electron chi connectivity index (χ4n) is 0.465. The van der Waals surface area contributed by atoms with E-state index in [-0.39, 0.29) is 5.88 Å². The van der Waals surface area contributed by atoms with Crippen LogP contribution in [0.25, 0.3) is 0 Å². The molecule has 1 aromatic rings. The summed E-state index contributed by atoms with van der Waals surface area (Å²) in [6.45, 7) is 0. The lowest BCUT2D eigenvalue weighted by atomic mass is 10.4. The standard InChI is InChI=1S/C5H6ClNOS/c6-3-4(8)5-7-1-2-9-5/h1-2,4,8H,3H2/t4-/m1/s1. The molecule has 0 aliphatic carbocycles. The van der Waals surface area contributed by atoms with Gasteiger partial charge in [0.15, 0.2) is 0 Å². The third kappa shape index (κ3) is 1.64. The maximum absolute atomic E-state index is 9.03. The zero-order chi connectivity index (χ0) is 6.69. The number of rotatable bonds is 2. The second-order valence-electron chi connectivity index (χ2n) is 1.54. The molecular weight excluding hydrogens is 158 g/mol. The Kier molecular flexibility index (Phi) is 2.45.